The van der Waals surface area contributed by atoms with Gasteiger partial charge in [-0.25, -0.2) is 4.79 Å². The van der Waals surface area contributed by atoms with E-state index < -0.39 is 18.2 Å². The fourth-order valence-electron chi connectivity index (χ4n) is 4.09. The van der Waals surface area contributed by atoms with Crippen LogP contribution in [-0.2, 0) is 6.61 Å². The molecule has 2 N–H and O–H groups in total. The van der Waals surface area contributed by atoms with E-state index in [1.807, 2.05) is 54.6 Å². The molecule has 1 aliphatic heterocycles. The van der Waals surface area contributed by atoms with Gasteiger partial charge in [0, 0.05) is 6.04 Å². The van der Waals surface area contributed by atoms with E-state index in [-0.39, 0.29) is 6.04 Å². The van der Waals surface area contributed by atoms with Crippen LogP contribution in [-0.4, -0.2) is 33.3 Å². The van der Waals surface area contributed by atoms with Crippen LogP contribution in [0.2, 0.25) is 0 Å². The molecule has 2 aromatic rings. The second-order valence-electron chi connectivity index (χ2n) is 7.42. The molecule has 0 aromatic heterocycles. The van der Waals surface area contributed by atoms with Gasteiger partial charge in [0.15, 0.2) is 0 Å². The second kappa shape index (κ2) is 9.60. The van der Waals surface area contributed by atoms with Crippen molar-refractivity contribution in [2.45, 2.75) is 63.8 Å². The lowest BCUT2D eigenvalue weighted by molar-refractivity contribution is 0.000234. The first-order valence-corrected chi connectivity index (χ1v) is 10.1. The Morgan fingerprint density at radius 1 is 1.18 bits per heavy atom. The Labute approximate surface area is 166 Å². The van der Waals surface area contributed by atoms with Gasteiger partial charge in [0.25, 0.3) is 0 Å². The number of hydrogen-bond donors (Lipinski definition) is 2. The van der Waals surface area contributed by atoms with E-state index in [1.54, 1.807) is 0 Å². The lowest BCUT2D eigenvalue weighted by Gasteiger charge is -2.42. The van der Waals surface area contributed by atoms with Crippen molar-refractivity contribution >= 4 is 6.09 Å². The number of piperidine rings is 1. The number of likely N-dealkylation sites (tertiary alicyclic amines) is 1. The molecule has 1 fully saturated rings. The first-order valence-electron chi connectivity index (χ1n) is 10.1. The zero-order chi connectivity index (χ0) is 19.9. The molecule has 0 bridgehead atoms. The Hall–Kier alpha value is -2.53. The summed E-state index contributed by atoms with van der Waals surface area (Å²) < 4.78 is 5.86. The van der Waals surface area contributed by atoms with Gasteiger partial charge in [0.05, 0.1) is 12.1 Å². The van der Waals surface area contributed by atoms with Crippen LogP contribution in [0, 0.1) is 0 Å². The van der Waals surface area contributed by atoms with Gasteiger partial charge in [0.2, 0.25) is 0 Å². The van der Waals surface area contributed by atoms with Gasteiger partial charge in [-0.3, -0.25) is 4.90 Å². The number of aliphatic hydroxyl groups excluding tert-OH is 1. The highest BCUT2D eigenvalue weighted by molar-refractivity contribution is 5.66. The molecule has 0 aliphatic carbocycles. The lowest BCUT2D eigenvalue weighted by Crippen LogP contribution is -2.51. The number of ether oxygens (including phenoxy) is 1. The molecule has 1 saturated heterocycles. The number of rotatable bonds is 7. The number of nitrogens with zero attached hydrogens (tertiary/aromatic N) is 1. The molecule has 1 heterocycles. The van der Waals surface area contributed by atoms with E-state index in [0.29, 0.717) is 24.3 Å². The zero-order valence-corrected chi connectivity index (χ0v) is 16.3. The van der Waals surface area contributed by atoms with Crippen LogP contribution in [0.5, 0.6) is 5.75 Å². The van der Waals surface area contributed by atoms with Crippen molar-refractivity contribution in [3.8, 4) is 5.75 Å². The monoisotopic (exact) mass is 383 g/mol. The molecule has 2 aromatic carbocycles. The molecule has 0 saturated carbocycles. The van der Waals surface area contributed by atoms with Crippen LogP contribution >= 0.6 is 0 Å². The Morgan fingerprint density at radius 3 is 2.68 bits per heavy atom. The topological polar surface area (TPSA) is 70.0 Å². The standard InChI is InChI=1S/C23H29NO4/c1-2-8-19-12-7-14-21(24(19)23(26)27)22(25)18-11-6-13-20(15-18)28-16-17-9-4-3-5-10-17/h3-6,9-11,13,15,19,21-22,25H,2,7-8,12,14,16H2,1H3,(H,26,27)/t19-,21+,22-/m0/s1. The molecule has 28 heavy (non-hydrogen) atoms. The van der Waals surface area contributed by atoms with Gasteiger partial charge in [-0.15, -0.1) is 0 Å². The summed E-state index contributed by atoms with van der Waals surface area (Å²) in [7, 11) is 0. The van der Waals surface area contributed by atoms with Crippen molar-refractivity contribution < 1.29 is 19.7 Å². The third-order valence-electron chi connectivity index (χ3n) is 5.44. The normalized spacial score (nSPS) is 20.6. The summed E-state index contributed by atoms with van der Waals surface area (Å²) >= 11 is 0. The number of amides is 1. The number of carboxylic acid groups (broad SMARTS) is 1. The summed E-state index contributed by atoms with van der Waals surface area (Å²) in [6.45, 7) is 2.51. The molecule has 3 rings (SSSR count). The summed E-state index contributed by atoms with van der Waals surface area (Å²) in [5.74, 6) is 0.670. The molecule has 1 amide bonds. The molecular formula is C23H29NO4. The highest BCUT2D eigenvalue weighted by Crippen LogP contribution is 2.34. The van der Waals surface area contributed by atoms with E-state index in [1.165, 1.54) is 4.90 Å². The van der Waals surface area contributed by atoms with Crippen LogP contribution in [0.15, 0.2) is 54.6 Å². The zero-order valence-electron chi connectivity index (χ0n) is 16.3. The van der Waals surface area contributed by atoms with Crippen LogP contribution in [0.1, 0.15) is 56.3 Å². The van der Waals surface area contributed by atoms with Crippen molar-refractivity contribution in [3.63, 3.8) is 0 Å². The first-order chi connectivity index (χ1) is 13.6. The van der Waals surface area contributed by atoms with Crippen LogP contribution in [0.3, 0.4) is 0 Å². The maximum absolute atomic E-state index is 11.9. The molecule has 0 spiro atoms. The number of benzene rings is 2. The van der Waals surface area contributed by atoms with Crippen molar-refractivity contribution in [1.29, 1.82) is 0 Å². The quantitative estimate of drug-likeness (QED) is 0.706. The second-order valence-corrected chi connectivity index (χ2v) is 7.42. The summed E-state index contributed by atoms with van der Waals surface area (Å²) in [5, 5.41) is 20.8. The summed E-state index contributed by atoms with van der Waals surface area (Å²) in [4.78, 5) is 13.4. The van der Waals surface area contributed by atoms with Gasteiger partial charge in [-0.2, -0.15) is 0 Å². The molecule has 150 valence electrons. The number of carbonyl (C=O) groups is 1. The average Bonchev–Trinajstić information content (AvgIpc) is 2.72. The van der Waals surface area contributed by atoms with Gasteiger partial charge in [-0.05, 0) is 48.9 Å². The molecule has 5 nitrogen and oxygen atoms in total. The summed E-state index contributed by atoms with van der Waals surface area (Å²) in [5.41, 5.74) is 1.76. The molecule has 0 unspecified atom stereocenters. The summed E-state index contributed by atoms with van der Waals surface area (Å²) in [6, 6.07) is 16.8. The van der Waals surface area contributed by atoms with Gasteiger partial charge in [-0.1, -0.05) is 55.8 Å². The highest BCUT2D eigenvalue weighted by atomic mass is 16.5. The largest absolute Gasteiger partial charge is 0.489 e. The highest BCUT2D eigenvalue weighted by Gasteiger charge is 2.38. The van der Waals surface area contributed by atoms with E-state index in [4.69, 9.17) is 4.74 Å². The smallest absolute Gasteiger partial charge is 0.407 e. The van der Waals surface area contributed by atoms with E-state index >= 15 is 0 Å². The predicted octanol–water partition coefficient (Wildman–Crippen LogP) is 5.00. The minimum absolute atomic E-state index is 0.0200. The molecule has 5 heteroatoms. The third kappa shape index (κ3) is 4.84. The van der Waals surface area contributed by atoms with Gasteiger partial charge >= 0.3 is 6.09 Å². The number of hydrogen-bond acceptors (Lipinski definition) is 3. The molecule has 1 aliphatic rings. The maximum atomic E-state index is 11.9. The fraction of sp³-hybridized carbons (Fsp3) is 0.435. The van der Waals surface area contributed by atoms with Crippen LogP contribution in [0.25, 0.3) is 0 Å². The van der Waals surface area contributed by atoms with Crippen molar-refractivity contribution in [1.82, 2.24) is 4.90 Å². The van der Waals surface area contributed by atoms with Crippen LogP contribution in [0.4, 0.5) is 4.79 Å². The minimum Gasteiger partial charge on any atom is -0.489 e. The Kier molecular flexibility index (Phi) is 6.93. The third-order valence-corrected chi connectivity index (χ3v) is 5.44. The molecule has 0 radical (unpaired) electrons. The van der Waals surface area contributed by atoms with E-state index in [2.05, 4.69) is 6.92 Å². The minimum atomic E-state index is -0.946. The van der Waals surface area contributed by atoms with Gasteiger partial charge < -0.3 is 14.9 Å². The Bertz CT molecular complexity index is 762. The van der Waals surface area contributed by atoms with Gasteiger partial charge in [0.1, 0.15) is 12.4 Å². The maximum Gasteiger partial charge on any atom is 0.407 e. The van der Waals surface area contributed by atoms with Crippen molar-refractivity contribution in [3.05, 3.63) is 65.7 Å². The average molecular weight is 383 g/mol. The lowest BCUT2D eigenvalue weighted by atomic mass is 9.88. The SMILES string of the molecule is CCC[C@H]1CCC[C@H]([C@@H](O)c2cccc(OCc3ccccc3)c2)N1C(=O)O. The fourth-order valence-corrected chi connectivity index (χ4v) is 4.09. The Morgan fingerprint density at radius 2 is 1.96 bits per heavy atom. The van der Waals surface area contributed by atoms with Crippen molar-refractivity contribution in [2.24, 2.45) is 0 Å². The summed E-state index contributed by atoms with van der Waals surface area (Å²) in [6.07, 6.45) is 2.41. The molecule has 3 atom stereocenters. The first kappa shape index (κ1) is 20.2. The Balaban J connectivity index is 1.73. The van der Waals surface area contributed by atoms with E-state index in [9.17, 15) is 15.0 Å². The van der Waals surface area contributed by atoms with Crippen LogP contribution < -0.4 is 4.74 Å². The predicted molar refractivity (Wildman–Crippen MR) is 108 cm³/mol. The van der Waals surface area contributed by atoms with E-state index in [0.717, 1.165) is 31.2 Å². The number of aliphatic hydroxyl groups is 1. The van der Waals surface area contributed by atoms with Crippen molar-refractivity contribution in [2.75, 3.05) is 0 Å². The molecular weight excluding hydrogens is 354 g/mol.